The Morgan fingerprint density at radius 1 is 1.00 bits per heavy atom. The fraction of sp³-hybridized carbons (Fsp3) is 0.263. The highest BCUT2D eigenvalue weighted by Gasteiger charge is 2.11. The van der Waals surface area contributed by atoms with E-state index in [0.29, 0.717) is 12.1 Å². The van der Waals surface area contributed by atoms with E-state index in [9.17, 15) is 14.0 Å². The average molecular weight is 365 g/mol. The second-order valence-corrected chi connectivity index (χ2v) is 5.42. The molecule has 2 aromatic carbocycles. The molecule has 134 valence electrons. The molecule has 4 nitrogen and oxygen atoms in total. The minimum Gasteiger partial charge on any atom is -0.326 e. The number of hydrogen-bond donors (Lipinski definition) is 2. The number of anilines is 1. The van der Waals surface area contributed by atoms with Gasteiger partial charge in [0.2, 0.25) is 5.91 Å². The van der Waals surface area contributed by atoms with Gasteiger partial charge in [-0.2, -0.15) is 0 Å². The molecule has 0 aliphatic carbocycles. The molecule has 2 N–H and O–H groups in total. The van der Waals surface area contributed by atoms with Gasteiger partial charge in [0.1, 0.15) is 5.82 Å². The topological polar surface area (TPSA) is 58.2 Å². The van der Waals surface area contributed by atoms with Crippen LogP contribution >= 0.6 is 12.4 Å². The van der Waals surface area contributed by atoms with Gasteiger partial charge in [-0.3, -0.25) is 9.59 Å². The lowest BCUT2D eigenvalue weighted by atomic mass is 10.1. The van der Waals surface area contributed by atoms with E-state index in [-0.39, 0.29) is 42.8 Å². The fourth-order valence-electron chi connectivity index (χ4n) is 2.28. The third kappa shape index (κ3) is 6.64. The summed E-state index contributed by atoms with van der Waals surface area (Å²) in [5.74, 6) is -0.776. The van der Waals surface area contributed by atoms with Crippen LogP contribution in [0.1, 0.15) is 35.7 Å². The van der Waals surface area contributed by atoms with E-state index >= 15 is 0 Å². The van der Waals surface area contributed by atoms with Gasteiger partial charge < -0.3 is 10.6 Å². The molecule has 0 heterocycles. The van der Waals surface area contributed by atoms with Crippen molar-refractivity contribution in [1.82, 2.24) is 5.32 Å². The van der Waals surface area contributed by atoms with Crippen molar-refractivity contribution in [1.29, 1.82) is 0 Å². The maximum Gasteiger partial charge on any atom is 0.224 e. The van der Waals surface area contributed by atoms with Gasteiger partial charge in [0.05, 0.1) is 0 Å². The van der Waals surface area contributed by atoms with E-state index in [1.54, 1.807) is 0 Å². The Morgan fingerprint density at radius 2 is 1.68 bits per heavy atom. The summed E-state index contributed by atoms with van der Waals surface area (Å²) < 4.78 is 12.9. The fourth-order valence-corrected chi connectivity index (χ4v) is 2.28. The van der Waals surface area contributed by atoms with Crippen molar-refractivity contribution < 1.29 is 14.0 Å². The number of rotatable bonds is 8. The Labute approximate surface area is 153 Å². The molecule has 0 spiro atoms. The summed E-state index contributed by atoms with van der Waals surface area (Å²) in [7, 11) is 0. The standard InChI is InChI=1S/C19H21FN2O2.ClH/c1-2-21-13-15-5-3-4-6-17(15)22-19(24)12-11-18(23)14-7-9-16(20)10-8-14;/h3-10,21H,2,11-13H2,1H3,(H,22,24);1H. The maximum absolute atomic E-state index is 12.9. The summed E-state index contributed by atoms with van der Waals surface area (Å²) in [4.78, 5) is 24.1. The number of ketones is 1. The average Bonchev–Trinajstić information content (AvgIpc) is 2.59. The first kappa shape index (κ1) is 20.8. The van der Waals surface area contributed by atoms with Crippen LogP contribution in [-0.4, -0.2) is 18.2 Å². The molecule has 1 amide bonds. The molecule has 0 aromatic heterocycles. The van der Waals surface area contributed by atoms with E-state index < -0.39 is 0 Å². The molecule has 0 saturated carbocycles. The van der Waals surface area contributed by atoms with E-state index in [1.807, 2.05) is 31.2 Å². The predicted octanol–water partition coefficient (Wildman–Crippen LogP) is 3.96. The van der Waals surface area contributed by atoms with Gasteiger partial charge in [0.15, 0.2) is 5.78 Å². The summed E-state index contributed by atoms with van der Waals surface area (Å²) in [6.45, 7) is 3.53. The molecule has 0 aliphatic rings. The van der Waals surface area contributed by atoms with Gasteiger partial charge in [0, 0.05) is 30.6 Å². The zero-order chi connectivity index (χ0) is 17.4. The normalized spacial score (nSPS) is 10.0. The first-order chi connectivity index (χ1) is 11.6. The lowest BCUT2D eigenvalue weighted by molar-refractivity contribution is -0.116. The molecule has 0 unspecified atom stereocenters. The summed E-state index contributed by atoms with van der Waals surface area (Å²) in [5, 5.41) is 6.06. The lowest BCUT2D eigenvalue weighted by Gasteiger charge is -2.11. The number of amides is 1. The van der Waals surface area contributed by atoms with E-state index in [1.165, 1.54) is 24.3 Å². The predicted molar refractivity (Wildman–Crippen MR) is 99.7 cm³/mol. The Kier molecular flexibility index (Phi) is 8.81. The second kappa shape index (κ2) is 10.6. The molecule has 2 aromatic rings. The van der Waals surface area contributed by atoms with Crippen LogP contribution in [-0.2, 0) is 11.3 Å². The van der Waals surface area contributed by atoms with Crippen LogP contribution in [0.4, 0.5) is 10.1 Å². The van der Waals surface area contributed by atoms with Crippen molar-refractivity contribution >= 4 is 29.8 Å². The molecule has 0 fully saturated rings. The molecule has 2 rings (SSSR count). The molecule has 0 radical (unpaired) electrons. The highest BCUT2D eigenvalue weighted by Crippen LogP contribution is 2.16. The van der Waals surface area contributed by atoms with Crippen LogP contribution in [0.3, 0.4) is 0 Å². The van der Waals surface area contributed by atoms with E-state index in [0.717, 1.165) is 17.8 Å². The van der Waals surface area contributed by atoms with Crippen LogP contribution in [0.2, 0.25) is 0 Å². The number of halogens is 2. The Balaban J connectivity index is 0.00000312. The van der Waals surface area contributed by atoms with Crippen LogP contribution in [0.15, 0.2) is 48.5 Å². The summed E-state index contributed by atoms with van der Waals surface area (Å²) in [6, 6.07) is 12.9. The van der Waals surface area contributed by atoms with Gasteiger partial charge in [-0.05, 0) is 42.4 Å². The van der Waals surface area contributed by atoms with E-state index in [2.05, 4.69) is 10.6 Å². The van der Waals surface area contributed by atoms with Crippen LogP contribution in [0.5, 0.6) is 0 Å². The van der Waals surface area contributed by atoms with Crippen molar-refractivity contribution in [3.8, 4) is 0 Å². The molecular formula is C19H22ClFN2O2. The van der Waals surface area contributed by atoms with Crippen molar-refractivity contribution in [2.24, 2.45) is 0 Å². The van der Waals surface area contributed by atoms with Gasteiger partial charge in [-0.15, -0.1) is 12.4 Å². The minimum absolute atomic E-state index is 0. The molecule has 6 heteroatoms. The van der Waals surface area contributed by atoms with Crippen molar-refractivity contribution in [2.45, 2.75) is 26.3 Å². The highest BCUT2D eigenvalue weighted by molar-refractivity contribution is 6.00. The highest BCUT2D eigenvalue weighted by atomic mass is 35.5. The number of carbonyl (C=O) groups excluding carboxylic acids is 2. The Bertz CT molecular complexity index is 705. The largest absolute Gasteiger partial charge is 0.326 e. The number of hydrogen-bond acceptors (Lipinski definition) is 3. The summed E-state index contributed by atoms with van der Waals surface area (Å²) in [6.07, 6.45) is 0.179. The first-order valence-electron chi connectivity index (χ1n) is 7.97. The maximum atomic E-state index is 12.9. The molecule has 0 aliphatic heterocycles. The number of benzene rings is 2. The molecule has 0 atom stereocenters. The van der Waals surface area contributed by atoms with Crippen LogP contribution in [0, 0.1) is 5.82 Å². The van der Waals surface area contributed by atoms with Gasteiger partial charge in [0.25, 0.3) is 0 Å². The Hall–Kier alpha value is -2.24. The van der Waals surface area contributed by atoms with Crippen LogP contribution in [0.25, 0.3) is 0 Å². The summed E-state index contributed by atoms with van der Waals surface area (Å²) in [5.41, 5.74) is 2.16. The number of Topliss-reactive ketones (excluding diaryl/α,β-unsaturated/α-hetero) is 1. The first-order valence-corrected chi connectivity index (χ1v) is 7.97. The van der Waals surface area contributed by atoms with Gasteiger partial charge in [-0.25, -0.2) is 4.39 Å². The third-order valence-corrected chi connectivity index (χ3v) is 3.60. The smallest absolute Gasteiger partial charge is 0.224 e. The van der Waals surface area contributed by atoms with Crippen molar-refractivity contribution in [2.75, 3.05) is 11.9 Å². The molecule has 0 saturated heterocycles. The van der Waals surface area contributed by atoms with Crippen LogP contribution < -0.4 is 10.6 Å². The quantitative estimate of drug-likeness (QED) is 0.697. The summed E-state index contributed by atoms with van der Waals surface area (Å²) >= 11 is 0. The SMILES string of the molecule is CCNCc1ccccc1NC(=O)CCC(=O)c1ccc(F)cc1.Cl. The number of carbonyl (C=O) groups is 2. The molecular weight excluding hydrogens is 343 g/mol. The number of para-hydroxylation sites is 1. The monoisotopic (exact) mass is 364 g/mol. The number of nitrogens with one attached hydrogen (secondary N) is 2. The molecule has 0 bridgehead atoms. The third-order valence-electron chi connectivity index (χ3n) is 3.60. The lowest BCUT2D eigenvalue weighted by Crippen LogP contribution is -2.17. The zero-order valence-electron chi connectivity index (χ0n) is 14.0. The minimum atomic E-state index is -0.387. The van der Waals surface area contributed by atoms with Gasteiger partial charge >= 0.3 is 0 Å². The van der Waals surface area contributed by atoms with Crippen molar-refractivity contribution in [3.63, 3.8) is 0 Å². The van der Waals surface area contributed by atoms with Gasteiger partial charge in [-0.1, -0.05) is 25.1 Å². The zero-order valence-corrected chi connectivity index (χ0v) is 14.9. The molecule has 25 heavy (non-hydrogen) atoms. The van der Waals surface area contributed by atoms with E-state index in [4.69, 9.17) is 0 Å². The second-order valence-electron chi connectivity index (χ2n) is 5.42. The Morgan fingerprint density at radius 3 is 2.36 bits per heavy atom. The van der Waals surface area contributed by atoms with Crippen molar-refractivity contribution in [3.05, 3.63) is 65.5 Å².